The number of halogens is 3. The molecule has 10 heteroatoms. The number of aryl methyl sites for hydroxylation is 1. The quantitative estimate of drug-likeness (QED) is 0.483. The molecule has 1 atom stereocenters. The van der Waals surface area contributed by atoms with Gasteiger partial charge in [0.1, 0.15) is 11.5 Å². The van der Waals surface area contributed by atoms with Crippen molar-refractivity contribution in [3.8, 4) is 11.1 Å². The second-order valence-corrected chi connectivity index (χ2v) is 7.55. The van der Waals surface area contributed by atoms with Crippen LogP contribution in [-0.2, 0) is 6.18 Å². The Morgan fingerprint density at radius 1 is 1.10 bits per heavy atom. The van der Waals surface area contributed by atoms with Crippen LogP contribution in [0, 0.1) is 6.92 Å². The molecule has 0 N–H and O–H groups in total. The Hall–Kier alpha value is -3.69. The van der Waals surface area contributed by atoms with E-state index in [1.807, 2.05) is 36.6 Å². The van der Waals surface area contributed by atoms with Gasteiger partial charge in [0, 0.05) is 24.0 Å². The Balaban J connectivity index is 1.56. The number of rotatable bonds is 2. The van der Waals surface area contributed by atoms with Gasteiger partial charge in [-0.25, -0.2) is 0 Å². The molecule has 0 fully saturated rings. The lowest BCUT2D eigenvalue weighted by molar-refractivity contribution is -0.137. The van der Waals surface area contributed by atoms with Crippen molar-refractivity contribution in [2.75, 3.05) is 11.4 Å². The monoisotopic (exact) mass is 426 g/mol. The molecule has 0 unspecified atom stereocenters. The summed E-state index contributed by atoms with van der Waals surface area (Å²) in [6, 6.07) is 8.16. The van der Waals surface area contributed by atoms with Crippen molar-refractivity contribution in [3.05, 3.63) is 65.9 Å². The molecule has 5 rings (SSSR count). The molecular weight excluding hydrogens is 409 g/mol. The molecule has 0 spiro atoms. The fourth-order valence-electron chi connectivity index (χ4n) is 3.90. The lowest BCUT2D eigenvalue weighted by Crippen LogP contribution is -2.42. The van der Waals surface area contributed by atoms with Gasteiger partial charge >= 0.3 is 6.18 Å². The molecule has 1 aromatic carbocycles. The Kier molecular flexibility index (Phi) is 4.14. The van der Waals surface area contributed by atoms with Gasteiger partial charge in [-0.1, -0.05) is 0 Å². The molecule has 3 aromatic heterocycles. The topological polar surface area (TPSA) is 68.3 Å². The number of fused-ring (bicyclic) bond motifs is 2. The second-order valence-electron chi connectivity index (χ2n) is 7.55. The molecule has 158 valence electrons. The Bertz CT molecular complexity index is 1310. The zero-order chi connectivity index (χ0) is 21.9. The summed E-state index contributed by atoms with van der Waals surface area (Å²) in [6.45, 7) is 4.06. The van der Waals surface area contributed by atoms with Crippen LogP contribution in [0.2, 0.25) is 0 Å². The molecule has 4 heterocycles. The maximum atomic E-state index is 13.4. The predicted octanol–water partition coefficient (Wildman–Crippen LogP) is 4.14. The predicted molar refractivity (Wildman–Crippen MR) is 107 cm³/mol. The standard InChI is InChI=1S/C21H17F3N6O/c1-12-11-29(16-5-3-15(4-6-16)21(22,23)24)20(31)19-17(10-25-30(12)19)14-7-8-28-13(2)26-27-18(28)9-14/h3-10,12H,11H2,1-2H3/t12-/m0/s1. The number of pyridine rings is 1. The third kappa shape index (κ3) is 3.06. The van der Waals surface area contributed by atoms with Gasteiger partial charge in [0.2, 0.25) is 0 Å². The molecule has 31 heavy (non-hydrogen) atoms. The lowest BCUT2D eigenvalue weighted by atomic mass is 10.0. The first-order chi connectivity index (χ1) is 14.7. The van der Waals surface area contributed by atoms with Crippen LogP contribution in [0.25, 0.3) is 16.8 Å². The lowest BCUT2D eigenvalue weighted by Gasteiger charge is -2.32. The van der Waals surface area contributed by atoms with E-state index in [0.29, 0.717) is 29.1 Å². The molecule has 1 aliphatic rings. The highest BCUT2D eigenvalue weighted by molar-refractivity contribution is 6.09. The normalized spacial score (nSPS) is 16.7. The first-order valence-electron chi connectivity index (χ1n) is 9.62. The minimum absolute atomic E-state index is 0.150. The molecule has 1 aliphatic heterocycles. The fraction of sp³-hybridized carbons (Fsp3) is 0.238. The summed E-state index contributed by atoms with van der Waals surface area (Å²) < 4.78 is 42.2. The maximum absolute atomic E-state index is 13.4. The number of hydrogen-bond acceptors (Lipinski definition) is 4. The van der Waals surface area contributed by atoms with E-state index in [-0.39, 0.29) is 11.9 Å². The van der Waals surface area contributed by atoms with Crippen LogP contribution in [0.1, 0.15) is 34.8 Å². The van der Waals surface area contributed by atoms with Crippen LogP contribution in [0.5, 0.6) is 0 Å². The van der Waals surface area contributed by atoms with Gasteiger partial charge in [-0.15, -0.1) is 10.2 Å². The van der Waals surface area contributed by atoms with Gasteiger partial charge in [-0.05, 0) is 55.8 Å². The van der Waals surface area contributed by atoms with E-state index in [1.165, 1.54) is 17.0 Å². The number of alkyl halides is 3. The summed E-state index contributed by atoms with van der Waals surface area (Å²) in [5.41, 5.74) is 2.08. The highest BCUT2D eigenvalue weighted by atomic mass is 19.4. The van der Waals surface area contributed by atoms with Crippen molar-refractivity contribution in [2.24, 2.45) is 0 Å². The number of carbonyl (C=O) groups excluding carboxylic acids is 1. The fourth-order valence-corrected chi connectivity index (χ4v) is 3.90. The summed E-state index contributed by atoms with van der Waals surface area (Å²) in [6.07, 6.45) is -0.967. The molecule has 4 aromatic rings. The number of aromatic nitrogens is 5. The third-order valence-corrected chi connectivity index (χ3v) is 5.51. The zero-order valence-corrected chi connectivity index (χ0v) is 16.6. The minimum atomic E-state index is -4.43. The summed E-state index contributed by atoms with van der Waals surface area (Å²) in [7, 11) is 0. The van der Waals surface area contributed by atoms with E-state index in [9.17, 15) is 18.0 Å². The van der Waals surface area contributed by atoms with E-state index < -0.39 is 11.7 Å². The molecule has 0 bridgehead atoms. The third-order valence-electron chi connectivity index (χ3n) is 5.51. The van der Waals surface area contributed by atoms with Crippen LogP contribution < -0.4 is 4.90 Å². The van der Waals surface area contributed by atoms with Gasteiger partial charge in [0.25, 0.3) is 5.91 Å². The highest BCUT2D eigenvalue weighted by Crippen LogP contribution is 2.35. The summed E-state index contributed by atoms with van der Waals surface area (Å²) in [5.74, 6) is 0.430. The zero-order valence-electron chi connectivity index (χ0n) is 16.6. The van der Waals surface area contributed by atoms with Crippen molar-refractivity contribution in [1.29, 1.82) is 0 Å². The minimum Gasteiger partial charge on any atom is -0.305 e. The first kappa shape index (κ1) is 19.3. The average molecular weight is 426 g/mol. The van der Waals surface area contributed by atoms with E-state index in [2.05, 4.69) is 15.3 Å². The van der Waals surface area contributed by atoms with Crippen LogP contribution in [0.4, 0.5) is 18.9 Å². The summed E-state index contributed by atoms with van der Waals surface area (Å²) in [5, 5.41) is 12.6. The van der Waals surface area contributed by atoms with Crippen molar-refractivity contribution in [2.45, 2.75) is 26.1 Å². The smallest absolute Gasteiger partial charge is 0.305 e. The van der Waals surface area contributed by atoms with E-state index >= 15 is 0 Å². The molecule has 0 saturated carbocycles. The van der Waals surface area contributed by atoms with Crippen LogP contribution in [0.15, 0.2) is 48.8 Å². The Morgan fingerprint density at radius 3 is 2.55 bits per heavy atom. The van der Waals surface area contributed by atoms with Crippen LogP contribution >= 0.6 is 0 Å². The van der Waals surface area contributed by atoms with Gasteiger partial charge in [-0.2, -0.15) is 18.3 Å². The van der Waals surface area contributed by atoms with Crippen molar-refractivity contribution >= 4 is 17.2 Å². The molecular formula is C21H17F3N6O. The van der Waals surface area contributed by atoms with Gasteiger partial charge in [0.05, 0.1) is 17.8 Å². The van der Waals surface area contributed by atoms with Gasteiger partial charge < -0.3 is 4.90 Å². The van der Waals surface area contributed by atoms with Gasteiger partial charge in [-0.3, -0.25) is 13.9 Å². The van der Waals surface area contributed by atoms with Crippen molar-refractivity contribution in [3.63, 3.8) is 0 Å². The Labute approximate surface area is 174 Å². The van der Waals surface area contributed by atoms with E-state index in [1.54, 1.807) is 10.9 Å². The Morgan fingerprint density at radius 2 is 1.84 bits per heavy atom. The molecule has 7 nitrogen and oxygen atoms in total. The number of benzene rings is 1. The van der Waals surface area contributed by atoms with Crippen molar-refractivity contribution < 1.29 is 18.0 Å². The highest BCUT2D eigenvalue weighted by Gasteiger charge is 2.35. The average Bonchev–Trinajstić information content (AvgIpc) is 3.35. The number of hydrogen-bond donors (Lipinski definition) is 0. The van der Waals surface area contributed by atoms with Crippen LogP contribution in [0.3, 0.4) is 0 Å². The molecule has 0 aliphatic carbocycles. The maximum Gasteiger partial charge on any atom is 0.416 e. The van der Waals surface area contributed by atoms with E-state index in [4.69, 9.17) is 0 Å². The van der Waals surface area contributed by atoms with E-state index in [0.717, 1.165) is 23.5 Å². The molecule has 0 saturated heterocycles. The van der Waals surface area contributed by atoms with Gasteiger partial charge in [0.15, 0.2) is 5.65 Å². The molecule has 0 radical (unpaired) electrons. The first-order valence-corrected chi connectivity index (χ1v) is 9.62. The molecule has 1 amide bonds. The number of amides is 1. The van der Waals surface area contributed by atoms with Crippen LogP contribution in [-0.4, -0.2) is 36.8 Å². The summed E-state index contributed by atoms with van der Waals surface area (Å²) in [4.78, 5) is 14.9. The number of carbonyl (C=O) groups is 1. The number of nitrogens with zero attached hydrogens (tertiary/aromatic N) is 6. The SMILES string of the molecule is Cc1nnc2cc(-c3cnn4c3C(=O)N(c3ccc(C(F)(F)F)cc3)C[C@@H]4C)ccn12. The van der Waals surface area contributed by atoms with Crippen molar-refractivity contribution in [1.82, 2.24) is 24.4 Å². The summed E-state index contributed by atoms with van der Waals surface area (Å²) >= 11 is 0. The largest absolute Gasteiger partial charge is 0.416 e. The number of anilines is 1. The second kappa shape index (κ2) is 6.66.